The third-order valence-electron chi connectivity index (χ3n) is 4.22. The highest BCUT2D eigenvalue weighted by Crippen LogP contribution is 2.45. The molecule has 3 rings (SSSR count). The number of ether oxygens (including phenoxy) is 1. The lowest BCUT2D eigenvalue weighted by atomic mass is 9.95. The summed E-state index contributed by atoms with van der Waals surface area (Å²) in [6.45, 7) is 0. The molecule has 2 saturated carbocycles. The van der Waals surface area contributed by atoms with E-state index in [1.165, 1.54) is 0 Å². The molecule has 0 aliphatic heterocycles. The number of aliphatic carboxylic acids is 1. The molecule has 1 atom stereocenters. The number of hydrogen-bond donors (Lipinski definition) is 2. The van der Waals surface area contributed by atoms with E-state index in [9.17, 15) is 9.90 Å². The third kappa shape index (κ3) is 3.19. The van der Waals surface area contributed by atoms with Crippen LogP contribution >= 0.6 is 11.8 Å². The van der Waals surface area contributed by atoms with Crippen molar-refractivity contribution in [1.82, 2.24) is 5.32 Å². The Morgan fingerprint density at radius 3 is 2.67 bits per heavy atom. The average Bonchev–Trinajstić information content (AvgIpc) is 3.36. The van der Waals surface area contributed by atoms with Crippen molar-refractivity contribution in [3.05, 3.63) is 24.3 Å². The number of nitrogens with one attached hydrogen (secondary N) is 1. The highest BCUT2D eigenvalue weighted by atomic mass is 32.2. The van der Waals surface area contributed by atoms with Crippen LogP contribution in [0.4, 0.5) is 0 Å². The number of thioether (sulfide) groups is 1. The van der Waals surface area contributed by atoms with Crippen LogP contribution in [0.1, 0.15) is 25.7 Å². The van der Waals surface area contributed by atoms with Crippen LogP contribution < -0.4 is 10.1 Å². The fraction of sp³-hybridized carbons (Fsp3) is 0.562. The Morgan fingerprint density at radius 2 is 2.10 bits per heavy atom. The van der Waals surface area contributed by atoms with Crippen LogP contribution in [-0.4, -0.2) is 35.5 Å². The number of carboxylic acids is 1. The van der Waals surface area contributed by atoms with Gasteiger partial charge in [0, 0.05) is 16.7 Å². The standard InChI is InChI=1S/C16H21NO3S/c1-20-13-4-2-3-5-14(13)21-10-16(15(18)19,11-6-7-11)17-12-8-9-12/h2-5,11-12,17H,6-10H2,1H3,(H,18,19). The van der Waals surface area contributed by atoms with Crippen molar-refractivity contribution in [1.29, 1.82) is 0 Å². The van der Waals surface area contributed by atoms with Gasteiger partial charge in [-0.25, -0.2) is 0 Å². The van der Waals surface area contributed by atoms with Crippen molar-refractivity contribution >= 4 is 17.7 Å². The van der Waals surface area contributed by atoms with Crippen LogP contribution in [0.15, 0.2) is 29.2 Å². The van der Waals surface area contributed by atoms with Gasteiger partial charge in [0.05, 0.1) is 7.11 Å². The van der Waals surface area contributed by atoms with E-state index in [4.69, 9.17) is 4.74 Å². The van der Waals surface area contributed by atoms with Gasteiger partial charge >= 0.3 is 5.97 Å². The lowest BCUT2D eigenvalue weighted by Crippen LogP contribution is -2.57. The van der Waals surface area contributed by atoms with Gasteiger partial charge in [0.2, 0.25) is 0 Å². The minimum absolute atomic E-state index is 0.262. The number of methoxy groups -OCH3 is 1. The van der Waals surface area contributed by atoms with Crippen molar-refractivity contribution in [2.75, 3.05) is 12.9 Å². The fourth-order valence-corrected chi connectivity index (χ4v) is 3.97. The maximum atomic E-state index is 11.9. The molecular formula is C16H21NO3S. The van der Waals surface area contributed by atoms with E-state index >= 15 is 0 Å². The van der Waals surface area contributed by atoms with Crippen molar-refractivity contribution in [2.24, 2.45) is 5.92 Å². The second-order valence-electron chi connectivity index (χ2n) is 5.91. The molecule has 21 heavy (non-hydrogen) atoms. The Hall–Kier alpha value is -1.20. The Balaban J connectivity index is 1.76. The predicted octanol–water partition coefficient (Wildman–Crippen LogP) is 2.77. The molecule has 2 aliphatic rings. The van der Waals surface area contributed by atoms with Gasteiger partial charge < -0.3 is 9.84 Å². The monoisotopic (exact) mass is 307 g/mol. The second-order valence-corrected chi connectivity index (χ2v) is 6.93. The van der Waals surface area contributed by atoms with E-state index in [2.05, 4.69) is 5.32 Å². The Labute approximate surface area is 129 Å². The molecule has 2 aliphatic carbocycles. The largest absolute Gasteiger partial charge is 0.496 e. The van der Waals surface area contributed by atoms with Crippen LogP contribution in [0.5, 0.6) is 5.75 Å². The summed E-state index contributed by atoms with van der Waals surface area (Å²) in [6, 6.07) is 8.17. The van der Waals surface area contributed by atoms with Gasteiger partial charge in [-0.2, -0.15) is 0 Å². The summed E-state index contributed by atoms with van der Waals surface area (Å²) >= 11 is 1.58. The van der Waals surface area contributed by atoms with E-state index in [1.807, 2.05) is 24.3 Å². The highest BCUT2D eigenvalue weighted by molar-refractivity contribution is 7.99. The molecule has 2 N–H and O–H groups in total. The maximum absolute atomic E-state index is 11.9. The molecule has 1 unspecified atom stereocenters. The van der Waals surface area contributed by atoms with Gasteiger partial charge in [-0.15, -0.1) is 11.8 Å². The zero-order valence-electron chi connectivity index (χ0n) is 12.2. The van der Waals surface area contributed by atoms with Gasteiger partial charge in [-0.05, 0) is 43.7 Å². The first-order valence-electron chi connectivity index (χ1n) is 7.42. The smallest absolute Gasteiger partial charge is 0.325 e. The van der Waals surface area contributed by atoms with Crippen LogP contribution in [0.3, 0.4) is 0 Å². The molecule has 114 valence electrons. The molecule has 1 aromatic rings. The Bertz CT molecular complexity index is 528. The molecule has 0 bridgehead atoms. The number of para-hydroxylation sites is 1. The fourth-order valence-electron chi connectivity index (χ4n) is 2.67. The molecule has 4 nitrogen and oxygen atoms in total. The van der Waals surface area contributed by atoms with Gasteiger partial charge in [-0.1, -0.05) is 12.1 Å². The topological polar surface area (TPSA) is 58.6 Å². The molecule has 0 heterocycles. The summed E-state index contributed by atoms with van der Waals surface area (Å²) in [5, 5.41) is 13.2. The third-order valence-corrected chi connectivity index (χ3v) is 5.47. The molecule has 0 spiro atoms. The number of carboxylic acid groups (broad SMARTS) is 1. The van der Waals surface area contributed by atoms with E-state index in [1.54, 1.807) is 18.9 Å². The number of benzene rings is 1. The van der Waals surface area contributed by atoms with Crippen molar-refractivity contribution in [2.45, 2.75) is 42.2 Å². The lowest BCUT2D eigenvalue weighted by Gasteiger charge is -2.31. The summed E-state index contributed by atoms with van der Waals surface area (Å²) in [4.78, 5) is 12.9. The quantitative estimate of drug-likeness (QED) is 0.723. The first kappa shape index (κ1) is 14.7. The minimum atomic E-state index is -0.785. The summed E-state index contributed by atoms with van der Waals surface area (Å²) < 4.78 is 5.35. The predicted molar refractivity (Wildman–Crippen MR) is 83.0 cm³/mol. The van der Waals surface area contributed by atoms with Gasteiger partial charge in [-0.3, -0.25) is 10.1 Å². The maximum Gasteiger partial charge on any atom is 0.325 e. The zero-order valence-corrected chi connectivity index (χ0v) is 13.0. The van der Waals surface area contributed by atoms with E-state index in [-0.39, 0.29) is 5.92 Å². The van der Waals surface area contributed by atoms with Crippen molar-refractivity contribution in [3.63, 3.8) is 0 Å². The molecular weight excluding hydrogens is 286 g/mol. The van der Waals surface area contributed by atoms with Gasteiger partial charge in [0.1, 0.15) is 11.3 Å². The number of carbonyl (C=O) groups is 1. The van der Waals surface area contributed by atoms with Crippen molar-refractivity contribution in [3.8, 4) is 5.75 Å². The zero-order chi connectivity index (χ0) is 14.9. The average molecular weight is 307 g/mol. The van der Waals surface area contributed by atoms with Crippen LogP contribution in [0.25, 0.3) is 0 Å². The Morgan fingerprint density at radius 1 is 1.38 bits per heavy atom. The molecule has 0 saturated heterocycles. The molecule has 0 amide bonds. The van der Waals surface area contributed by atoms with E-state index < -0.39 is 11.5 Å². The second kappa shape index (κ2) is 5.89. The highest BCUT2D eigenvalue weighted by Gasteiger charge is 2.53. The number of rotatable bonds is 8. The minimum Gasteiger partial charge on any atom is -0.496 e. The molecule has 1 aromatic carbocycles. The van der Waals surface area contributed by atoms with Crippen LogP contribution in [0, 0.1) is 5.92 Å². The summed E-state index contributed by atoms with van der Waals surface area (Å²) in [5.74, 6) is 0.908. The van der Waals surface area contributed by atoms with Gasteiger partial charge in [0.25, 0.3) is 0 Å². The molecule has 2 fully saturated rings. The molecule has 5 heteroatoms. The summed E-state index contributed by atoms with van der Waals surface area (Å²) in [6.07, 6.45) is 4.22. The van der Waals surface area contributed by atoms with Crippen LogP contribution in [0.2, 0.25) is 0 Å². The summed E-state index contributed by atoms with van der Waals surface area (Å²) in [5.41, 5.74) is -0.785. The van der Waals surface area contributed by atoms with Crippen molar-refractivity contribution < 1.29 is 14.6 Å². The normalized spacial score (nSPS) is 20.8. The first-order chi connectivity index (χ1) is 10.2. The van der Waals surface area contributed by atoms with Crippen LogP contribution in [-0.2, 0) is 4.79 Å². The molecule has 0 aromatic heterocycles. The molecule has 0 radical (unpaired) electrons. The summed E-state index contributed by atoms with van der Waals surface area (Å²) in [7, 11) is 1.65. The van der Waals surface area contributed by atoms with E-state index in [0.717, 1.165) is 36.3 Å². The first-order valence-corrected chi connectivity index (χ1v) is 8.41. The van der Waals surface area contributed by atoms with E-state index in [0.29, 0.717) is 11.8 Å². The van der Waals surface area contributed by atoms with Gasteiger partial charge in [0.15, 0.2) is 0 Å². The number of hydrogen-bond acceptors (Lipinski definition) is 4. The Kier molecular flexibility index (Phi) is 4.13. The SMILES string of the molecule is COc1ccccc1SCC(NC1CC1)(C(=O)O)C1CC1. The lowest BCUT2D eigenvalue weighted by molar-refractivity contribution is -0.145.